The van der Waals surface area contributed by atoms with Crippen molar-refractivity contribution in [3.05, 3.63) is 46.3 Å². The summed E-state index contributed by atoms with van der Waals surface area (Å²) in [6.45, 7) is 1.79. The van der Waals surface area contributed by atoms with Crippen LogP contribution < -0.4 is 4.74 Å². The summed E-state index contributed by atoms with van der Waals surface area (Å²) in [7, 11) is 0. The van der Waals surface area contributed by atoms with E-state index in [0.717, 1.165) is 0 Å². The molecule has 0 N–H and O–H groups in total. The van der Waals surface area contributed by atoms with Gasteiger partial charge in [-0.25, -0.2) is 4.98 Å². The number of ether oxygens (including phenoxy) is 1. The van der Waals surface area contributed by atoms with Gasteiger partial charge in [0, 0.05) is 6.07 Å². The molecule has 1 heterocycles. The minimum Gasteiger partial charge on any atom is -0.439 e. The maximum absolute atomic E-state index is 8.67. The van der Waals surface area contributed by atoms with E-state index in [1.807, 2.05) is 6.07 Å². The molecule has 4 nitrogen and oxygen atoms in total. The molecule has 5 heteroatoms. The highest BCUT2D eigenvalue weighted by atomic mass is 79.9. The van der Waals surface area contributed by atoms with Gasteiger partial charge in [0.15, 0.2) is 0 Å². The van der Waals surface area contributed by atoms with E-state index in [1.54, 1.807) is 37.3 Å². The van der Waals surface area contributed by atoms with Gasteiger partial charge < -0.3 is 4.74 Å². The van der Waals surface area contributed by atoms with Crippen LogP contribution in [0.25, 0.3) is 0 Å². The van der Waals surface area contributed by atoms with Crippen LogP contribution in [0.2, 0.25) is 0 Å². The molecule has 0 fully saturated rings. The van der Waals surface area contributed by atoms with Crippen molar-refractivity contribution in [2.24, 2.45) is 0 Å². The van der Waals surface area contributed by atoms with E-state index in [0.29, 0.717) is 27.6 Å². The van der Waals surface area contributed by atoms with Gasteiger partial charge in [0.05, 0.1) is 11.6 Å². The highest BCUT2D eigenvalue weighted by Crippen LogP contribution is 2.21. The van der Waals surface area contributed by atoms with Crippen LogP contribution in [0.5, 0.6) is 11.6 Å². The molecule has 0 unspecified atom stereocenters. The Morgan fingerprint density at radius 3 is 2.53 bits per heavy atom. The minimum atomic E-state index is 0.467. The molecule has 0 aliphatic rings. The summed E-state index contributed by atoms with van der Waals surface area (Å²) < 4.78 is 6.22. The largest absolute Gasteiger partial charge is 0.439 e. The third-order valence-corrected chi connectivity index (χ3v) is 2.40. The lowest BCUT2D eigenvalue weighted by Crippen LogP contribution is -1.93. The third-order valence-electron chi connectivity index (χ3n) is 1.99. The second-order valence-electron chi connectivity index (χ2n) is 3.31. The maximum Gasteiger partial charge on any atom is 0.223 e. The van der Waals surface area contributed by atoms with Gasteiger partial charge in [-0.15, -0.1) is 0 Å². The molecule has 2 rings (SSSR count). The van der Waals surface area contributed by atoms with E-state index < -0.39 is 0 Å². The predicted molar refractivity (Wildman–Crippen MR) is 65.7 cm³/mol. The van der Waals surface area contributed by atoms with Crippen LogP contribution in [0.15, 0.2) is 34.9 Å². The Bertz CT molecular complexity index is 555. The van der Waals surface area contributed by atoms with Crippen molar-refractivity contribution < 1.29 is 4.74 Å². The Labute approximate surface area is 107 Å². The Morgan fingerprint density at radius 2 is 1.94 bits per heavy atom. The number of aryl methyl sites for hydroxylation is 1. The quantitative estimate of drug-likeness (QED) is 0.797. The van der Waals surface area contributed by atoms with Crippen LogP contribution in [0.1, 0.15) is 11.4 Å². The van der Waals surface area contributed by atoms with Crippen molar-refractivity contribution in [3.63, 3.8) is 0 Å². The van der Waals surface area contributed by atoms with E-state index >= 15 is 0 Å². The lowest BCUT2D eigenvalue weighted by Gasteiger charge is -2.05. The fourth-order valence-electron chi connectivity index (χ4n) is 1.28. The molecule has 0 saturated heterocycles. The highest BCUT2D eigenvalue weighted by Gasteiger charge is 2.02. The summed E-state index contributed by atoms with van der Waals surface area (Å²) in [6.07, 6.45) is 0. The van der Waals surface area contributed by atoms with Crippen molar-refractivity contribution in [1.29, 1.82) is 5.26 Å². The number of rotatable bonds is 2. The van der Waals surface area contributed by atoms with Crippen LogP contribution in [-0.2, 0) is 0 Å². The molecule has 0 amide bonds. The summed E-state index contributed by atoms with van der Waals surface area (Å²) >= 11 is 3.27. The molecule has 0 saturated carbocycles. The Balaban J connectivity index is 2.22. The topological polar surface area (TPSA) is 58.8 Å². The average Bonchev–Trinajstić information content (AvgIpc) is 2.28. The zero-order valence-corrected chi connectivity index (χ0v) is 10.6. The van der Waals surface area contributed by atoms with Gasteiger partial charge in [-0.05, 0) is 47.1 Å². The first kappa shape index (κ1) is 11.6. The van der Waals surface area contributed by atoms with Gasteiger partial charge >= 0.3 is 0 Å². The van der Waals surface area contributed by atoms with Crippen molar-refractivity contribution >= 4 is 15.9 Å². The van der Waals surface area contributed by atoms with Gasteiger partial charge in [0.2, 0.25) is 5.88 Å². The predicted octanol–water partition coefficient (Wildman–Crippen LogP) is 3.21. The van der Waals surface area contributed by atoms with Gasteiger partial charge in [0.1, 0.15) is 16.2 Å². The maximum atomic E-state index is 8.67. The number of hydrogen-bond acceptors (Lipinski definition) is 4. The highest BCUT2D eigenvalue weighted by molar-refractivity contribution is 9.10. The molecule has 17 heavy (non-hydrogen) atoms. The normalized spacial score (nSPS) is 9.71. The monoisotopic (exact) mass is 289 g/mol. The number of benzene rings is 1. The summed E-state index contributed by atoms with van der Waals surface area (Å²) in [5.74, 6) is 1.73. The number of hydrogen-bond donors (Lipinski definition) is 0. The molecule has 0 radical (unpaired) electrons. The molecule has 2 aromatic rings. The molecule has 0 aliphatic heterocycles. The van der Waals surface area contributed by atoms with E-state index in [2.05, 4.69) is 25.9 Å². The molecular formula is C12H8BrN3O. The van der Waals surface area contributed by atoms with E-state index in [-0.39, 0.29) is 0 Å². The number of nitrogens with zero attached hydrogens (tertiary/aromatic N) is 3. The standard InChI is InChI=1S/C12H8BrN3O/c1-8-15-11(13)6-12(16-8)17-10-4-2-9(7-14)3-5-10/h2-6H,1H3. The Kier molecular flexibility index (Phi) is 3.35. The summed E-state index contributed by atoms with van der Waals surface area (Å²) in [5.41, 5.74) is 0.595. The molecule has 0 bridgehead atoms. The smallest absolute Gasteiger partial charge is 0.223 e. The van der Waals surface area contributed by atoms with Gasteiger partial charge in [-0.1, -0.05) is 0 Å². The molecule has 1 aromatic heterocycles. The molecule has 0 aliphatic carbocycles. The molecule has 0 atom stereocenters. The minimum absolute atomic E-state index is 0.467. The Hall–Kier alpha value is -1.93. The SMILES string of the molecule is Cc1nc(Br)cc(Oc2ccc(C#N)cc2)n1. The number of aromatic nitrogens is 2. The summed E-state index contributed by atoms with van der Waals surface area (Å²) in [4.78, 5) is 8.23. The van der Waals surface area contributed by atoms with Crippen molar-refractivity contribution in [1.82, 2.24) is 9.97 Å². The van der Waals surface area contributed by atoms with E-state index in [4.69, 9.17) is 10.00 Å². The lowest BCUT2D eigenvalue weighted by molar-refractivity contribution is 0.459. The van der Waals surface area contributed by atoms with Crippen LogP contribution in [-0.4, -0.2) is 9.97 Å². The van der Waals surface area contributed by atoms with Crippen molar-refractivity contribution in [2.75, 3.05) is 0 Å². The van der Waals surface area contributed by atoms with Gasteiger partial charge in [0.25, 0.3) is 0 Å². The van der Waals surface area contributed by atoms with Crippen molar-refractivity contribution in [3.8, 4) is 17.7 Å². The number of nitriles is 1. The molecular weight excluding hydrogens is 282 g/mol. The average molecular weight is 290 g/mol. The van der Waals surface area contributed by atoms with Crippen molar-refractivity contribution in [2.45, 2.75) is 6.92 Å². The van der Waals surface area contributed by atoms with Crippen LogP contribution in [0, 0.1) is 18.3 Å². The second kappa shape index (κ2) is 4.93. The lowest BCUT2D eigenvalue weighted by atomic mass is 10.2. The van der Waals surface area contributed by atoms with Crippen LogP contribution >= 0.6 is 15.9 Å². The molecule has 0 spiro atoms. The second-order valence-corrected chi connectivity index (χ2v) is 4.13. The number of halogens is 1. The fourth-order valence-corrected chi connectivity index (χ4v) is 1.73. The van der Waals surface area contributed by atoms with E-state index in [1.165, 1.54) is 0 Å². The zero-order valence-electron chi connectivity index (χ0n) is 9.01. The summed E-state index contributed by atoms with van der Waals surface area (Å²) in [6, 6.07) is 10.6. The molecule has 1 aromatic carbocycles. The first-order valence-corrected chi connectivity index (χ1v) is 5.66. The van der Waals surface area contributed by atoms with E-state index in [9.17, 15) is 0 Å². The van der Waals surface area contributed by atoms with Gasteiger partial charge in [-0.3, -0.25) is 0 Å². The van der Waals surface area contributed by atoms with Crippen LogP contribution in [0.3, 0.4) is 0 Å². The fraction of sp³-hybridized carbons (Fsp3) is 0.0833. The molecule has 84 valence electrons. The zero-order chi connectivity index (χ0) is 12.3. The van der Waals surface area contributed by atoms with Crippen LogP contribution in [0.4, 0.5) is 0 Å². The first-order valence-electron chi connectivity index (χ1n) is 4.86. The summed E-state index contributed by atoms with van der Waals surface area (Å²) in [5, 5.41) is 8.67. The first-order chi connectivity index (χ1) is 8.17. The third kappa shape index (κ3) is 3.02. The Morgan fingerprint density at radius 1 is 1.24 bits per heavy atom. The van der Waals surface area contributed by atoms with Gasteiger partial charge in [-0.2, -0.15) is 10.2 Å².